The van der Waals surface area contributed by atoms with Crippen LogP contribution in [0.25, 0.3) is 0 Å². The molecule has 37 heavy (non-hydrogen) atoms. The van der Waals surface area contributed by atoms with Crippen LogP contribution >= 0.6 is 36.4 Å². The highest BCUT2D eigenvalue weighted by Crippen LogP contribution is 2.30. The molecule has 0 spiro atoms. The third-order valence-electron chi connectivity index (χ3n) is 5.93. The van der Waals surface area contributed by atoms with Crippen molar-refractivity contribution >= 4 is 75.2 Å². The van der Waals surface area contributed by atoms with Crippen LogP contribution in [0.4, 0.5) is 22.9 Å². The van der Waals surface area contributed by atoms with E-state index in [0.29, 0.717) is 27.8 Å². The van der Waals surface area contributed by atoms with E-state index in [-0.39, 0.29) is 30.9 Å². The van der Waals surface area contributed by atoms with E-state index < -0.39 is 15.9 Å². The molecule has 2 aromatic heterocycles. The summed E-state index contributed by atoms with van der Waals surface area (Å²) >= 11 is 5.90. The number of sulfonamides is 1. The van der Waals surface area contributed by atoms with E-state index in [9.17, 15) is 13.2 Å². The lowest BCUT2D eigenvalue weighted by Crippen LogP contribution is -2.44. The summed E-state index contributed by atoms with van der Waals surface area (Å²) in [7, 11) is -1.54. The zero-order valence-corrected chi connectivity index (χ0v) is 23.5. The Morgan fingerprint density at radius 1 is 1.08 bits per heavy atom. The molecule has 3 aromatic rings. The lowest BCUT2D eigenvalue weighted by Gasteiger charge is -2.39. The first-order chi connectivity index (χ1) is 16.7. The Labute approximate surface area is 234 Å². The fourth-order valence-electron chi connectivity index (χ4n) is 4.20. The number of pyridine rings is 2. The Hall–Kier alpha value is -2.79. The number of benzene rings is 1. The minimum Gasteiger partial charge on any atom is -0.371 e. The van der Waals surface area contributed by atoms with Crippen LogP contribution in [-0.4, -0.2) is 56.7 Å². The summed E-state index contributed by atoms with van der Waals surface area (Å²) in [5.74, 6) is -0.0480. The van der Waals surface area contributed by atoms with Gasteiger partial charge in [0.15, 0.2) is 0 Å². The number of carbonyl (C=O) groups excluding carboxylic acids is 1. The second-order valence-corrected chi connectivity index (χ2v) is 10.6. The van der Waals surface area contributed by atoms with Gasteiger partial charge in [-0.3, -0.25) is 14.5 Å². The highest BCUT2D eigenvalue weighted by Gasteiger charge is 2.26. The van der Waals surface area contributed by atoms with E-state index in [4.69, 9.17) is 11.6 Å². The molecule has 13 heteroatoms. The summed E-state index contributed by atoms with van der Waals surface area (Å²) in [6.07, 6.45) is 7.91. The molecule has 200 valence electrons. The second-order valence-electron chi connectivity index (χ2n) is 8.46. The topological polar surface area (TPSA) is 108 Å². The highest BCUT2D eigenvalue weighted by atomic mass is 35.5. The average Bonchev–Trinajstić information content (AvgIpc) is 2.84. The van der Waals surface area contributed by atoms with Gasteiger partial charge in [-0.25, -0.2) is 13.4 Å². The van der Waals surface area contributed by atoms with Crippen molar-refractivity contribution in [2.45, 2.75) is 18.9 Å². The van der Waals surface area contributed by atoms with Crippen molar-refractivity contribution < 1.29 is 13.2 Å². The van der Waals surface area contributed by atoms with Gasteiger partial charge in [-0.05, 0) is 55.3 Å². The van der Waals surface area contributed by atoms with Crippen molar-refractivity contribution in [1.29, 1.82) is 0 Å². The molecular formula is C24H29Cl3N6O3S. The molecule has 1 amide bonds. The molecule has 3 heterocycles. The van der Waals surface area contributed by atoms with Crippen LogP contribution in [0.3, 0.4) is 0 Å². The van der Waals surface area contributed by atoms with Gasteiger partial charge in [-0.1, -0.05) is 11.6 Å². The van der Waals surface area contributed by atoms with Crippen LogP contribution in [0, 0.1) is 0 Å². The lowest BCUT2D eigenvalue weighted by atomic mass is 10.0. The molecule has 1 aliphatic heterocycles. The van der Waals surface area contributed by atoms with Crippen molar-refractivity contribution in [3.63, 3.8) is 0 Å². The summed E-state index contributed by atoms with van der Waals surface area (Å²) in [4.78, 5) is 25.9. The number of aromatic nitrogens is 2. The Morgan fingerprint density at radius 2 is 1.76 bits per heavy atom. The van der Waals surface area contributed by atoms with Gasteiger partial charge in [0.05, 0.1) is 16.8 Å². The van der Waals surface area contributed by atoms with Crippen LogP contribution in [0.5, 0.6) is 0 Å². The number of piperidine rings is 1. The van der Waals surface area contributed by atoms with E-state index in [1.54, 1.807) is 42.7 Å². The van der Waals surface area contributed by atoms with Gasteiger partial charge in [-0.15, -0.1) is 24.8 Å². The van der Waals surface area contributed by atoms with Crippen molar-refractivity contribution in [2.24, 2.45) is 0 Å². The van der Waals surface area contributed by atoms with E-state index in [2.05, 4.69) is 29.8 Å². The number of anilines is 4. The predicted molar refractivity (Wildman–Crippen MR) is 154 cm³/mol. The van der Waals surface area contributed by atoms with Crippen LogP contribution < -0.4 is 19.8 Å². The van der Waals surface area contributed by atoms with E-state index in [1.807, 2.05) is 19.2 Å². The minimum absolute atomic E-state index is 0. The largest absolute Gasteiger partial charge is 0.371 e. The van der Waals surface area contributed by atoms with Gasteiger partial charge in [0.2, 0.25) is 10.0 Å². The monoisotopic (exact) mass is 586 g/mol. The first-order valence-electron chi connectivity index (χ1n) is 11.1. The Balaban J connectivity index is 0.00000241. The number of nitrogens with one attached hydrogen (secondary N) is 2. The summed E-state index contributed by atoms with van der Waals surface area (Å²) in [6.45, 7) is 1.76. The molecule has 1 saturated heterocycles. The van der Waals surface area contributed by atoms with Gasteiger partial charge >= 0.3 is 0 Å². The maximum absolute atomic E-state index is 13.3. The first kappa shape index (κ1) is 30.4. The summed E-state index contributed by atoms with van der Waals surface area (Å²) in [6, 6.07) is 12.4. The van der Waals surface area contributed by atoms with Crippen LogP contribution in [0.15, 0.2) is 61.1 Å². The van der Waals surface area contributed by atoms with Crippen LogP contribution in [0.2, 0.25) is 5.02 Å². The smallest absolute Gasteiger partial charge is 0.258 e. The van der Waals surface area contributed by atoms with E-state index >= 15 is 0 Å². The Kier molecular flexibility index (Phi) is 10.8. The zero-order valence-electron chi connectivity index (χ0n) is 20.3. The molecule has 0 bridgehead atoms. The fourth-order valence-corrected chi connectivity index (χ4v) is 4.87. The number of halogens is 3. The quantitative estimate of drug-likeness (QED) is 0.412. The third-order valence-corrected chi connectivity index (χ3v) is 6.76. The van der Waals surface area contributed by atoms with E-state index in [0.717, 1.165) is 37.9 Å². The van der Waals surface area contributed by atoms with Gasteiger partial charge in [-0.2, -0.15) is 0 Å². The van der Waals surface area contributed by atoms with E-state index in [1.165, 1.54) is 6.20 Å². The molecule has 0 aliphatic carbocycles. The molecule has 2 N–H and O–H groups in total. The molecule has 0 atom stereocenters. The maximum atomic E-state index is 13.3. The number of rotatable bonds is 7. The number of hydrogen-bond donors (Lipinski definition) is 2. The molecule has 1 aromatic carbocycles. The lowest BCUT2D eigenvalue weighted by molar-refractivity contribution is 0.102. The average molecular weight is 588 g/mol. The maximum Gasteiger partial charge on any atom is 0.258 e. The van der Waals surface area contributed by atoms with Crippen molar-refractivity contribution in [3.8, 4) is 0 Å². The molecule has 0 unspecified atom stereocenters. The van der Waals surface area contributed by atoms with Gasteiger partial charge in [0.1, 0.15) is 5.82 Å². The number of carbonyl (C=O) groups is 1. The van der Waals surface area contributed by atoms with Gasteiger partial charge in [0, 0.05) is 61.8 Å². The number of amides is 1. The van der Waals surface area contributed by atoms with Crippen LogP contribution in [0.1, 0.15) is 23.2 Å². The third kappa shape index (κ3) is 8.10. The molecule has 0 radical (unpaired) electrons. The van der Waals surface area contributed by atoms with Crippen molar-refractivity contribution in [3.05, 3.63) is 71.6 Å². The van der Waals surface area contributed by atoms with Gasteiger partial charge < -0.3 is 15.1 Å². The molecule has 9 nitrogen and oxygen atoms in total. The summed E-state index contributed by atoms with van der Waals surface area (Å²) in [5, 5.41) is 3.23. The summed E-state index contributed by atoms with van der Waals surface area (Å²) in [5.41, 5.74) is 2.51. The fraction of sp³-hybridized carbons (Fsp3) is 0.292. The minimum atomic E-state index is -3.50. The molecule has 4 rings (SSSR count). The zero-order chi connectivity index (χ0) is 25.0. The van der Waals surface area contributed by atoms with Crippen LogP contribution in [-0.2, 0) is 10.0 Å². The number of hydrogen-bond acceptors (Lipinski definition) is 7. The van der Waals surface area contributed by atoms with Crippen molar-refractivity contribution in [1.82, 2.24) is 9.97 Å². The predicted octanol–water partition coefficient (Wildman–Crippen LogP) is 4.70. The summed E-state index contributed by atoms with van der Waals surface area (Å²) < 4.78 is 26.0. The highest BCUT2D eigenvalue weighted by molar-refractivity contribution is 7.92. The molecule has 0 saturated carbocycles. The SMILES string of the molecule is CN(c1ccc(NS(C)(=O)=O)cc1C(=O)Nc1ccc(Cl)cn1)C1CCN(c2ccncc2)CC1.Cl.Cl. The van der Waals surface area contributed by atoms with Gasteiger partial charge in [0.25, 0.3) is 5.91 Å². The Morgan fingerprint density at radius 3 is 2.35 bits per heavy atom. The Bertz CT molecular complexity index is 1290. The van der Waals surface area contributed by atoms with Crippen molar-refractivity contribution in [2.75, 3.05) is 46.2 Å². The molecule has 1 fully saturated rings. The second kappa shape index (κ2) is 13.1. The normalized spacial score (nSPS) is 13.6. The number of nitrogens with zero attached hydrogens (tertiary/aromatic N) is 4. The standard InChI is InChI=1S/C24H27ClN6O3S.2ClH/c1-30(19-9-13-31(14-10-19)20-7-11-26-12-8-20)22-5-4-18(29-35(2,33)34)15-21(22)24(32)28-23-6-3-17(25)16-27-23;;/h3-8,11-12,15-16,19,29H,9-10,13-14H2,1-2H3,(H,27,28,32);2*1H. The molecular weight excluding hydrogens is 559 g/mol. The first-order valence-corrected chi connectivity index (χ1v) is 13.4. The molecule has 1 aliphatic rings.